The molecule has 1 atom stereocenters. The number of aromatic nitrogens is 3. The van der Waals surface area contributed by atoms with Gasteiger partial charge in [0.15, 0.2) is 6.04 Å². The van der Waals surface area contributed by atoms with Crippen LogP contribution in [0.1, 0.15) is 23.1 Å². The van der Waals surface area contributed by atoms with E-state index in [1.165, 1.54) is 0 Å². The predicted molar refractivity (Wildman–Crippen MR) is 85.0 cm³/mol. The van der Waals surface area contributed by atoms with Crippen molar-refractivity contribution >= 4 is 5.97 Å². The van der Waals surface area contributed by atoms with Gasteiger partial charge in [-0.25, -0.2) is 9.97 Å². The van der Waals surface area contributed by atoms with Gasteiger partial charge in [-0.1, -0.05) is 18.2 Å². The Kier molecular flexibility index (Phi) is 3.62. The Labute approximate surface area is 138 Å². The standard InChI is InChI=1S/C17H16N4O3/c22-17(23)15-14-13(18-10-19-14)6-7-21(15)8-12-9-24-16(20-12)11-4-2-1-3-5-11/h1-5,9-10,15H,6-8H2,(H,18,19)(H,22,23)/t15-/m1/s1. The SMILES string of the molecule is O=C(O)[C@H]1c2nc[nH]c2CCN1Cc1coc(-c2ccccc2)n1. The second kappa shape index (κ2) is 5.93. The third kappa shape index (κ3) is 2.59. The molecule has 7 heteroatoms. The Bertz CT molecular complexity index is 856. The number of benzene rings is 1. The lowest BCUT2D eigenvalue weighted by molar-refractivity contribution is -0.144. The molecule has 0 fully saturated rings. The van der Waals surface area contributed by atoms with Crippen LogP contribution in [0.5, 0.6) is 0 Å². The minimum Gasteiger partial charge on any atom is -0.480 e. The molecule has 0 amide bonds. The van der Waals surface area contributed by atoms with Crippen LogP contribution in [0.3, 0.4) is 0 Å². The topological polar surface area (TPSA) is 95.2 Å². The van der Waals surface area contributed by atoms with Gasteiger partial charge in [-0.2, -0.15) is 0 Å². The molecular weight excluding hydrogens is 308 g/mol. The van der Waals surface area contributed by atoms with E-state index in [-0.39, 0.29) is 0 Å². The van der Waals surface area contributed by atoms with Gasteiger partial charge in [0.2, 0.25) is 5.89 Å². The summed E-state index contributed by atoms with van der Waals surface area (Å²) in [4.78, 5) is 25.2. The molecule has 3 heterocycles. The average Bonchev–Trinajstić information content (AvgIpc) is 3.24. The lowest BCUT2D eigenvalue weighted by Crippen LogP contribution is -2.39. The van der Waals surface area contributed by atoms with Crippen LogP contribution < -0.4 is 0 Å². The van der Waals surface area contributed by atoms with Gasteiger partial charge in [0.25, 0.3) is 0 Å². The van der Waals surface area contributed by atoms with Crippen molar-refractivity contribution in [2.75, 3.05) is 6.54 Å². The Hall–Kier alpha value is -2.93. The fraction of sp³-hybridized carbons (Fsp3) is 0.235. The summed E-state index contributed by atoms with van der Waals surface area (Å²) in [5.41, 5.74) is 3.08. The minimum atomic E-state index is -0.908. The number of carboxylic acid groups (broad SMARTS) is 1. The smallest absolute Gasteiger partial charge is 0.327 e. The number of carbonyl (C=O) groups is 1. The zero-order valence-corrected chi connectivity index (χ0v) is 12.8. The number of nitrogens with zero attached hydrogens (tertiary/aromatic N) is 3. The normalized spacial score (nSPS) is 17.6. The van der Waals surface area contributed by atoms with Crippen LogP contribution in [0.25, 0.3) is 11.5 Å². The summed E-state index contributed by atoms with van der Waals surface area (Å²) < 4.78 is 5.54. The van der Waals surface area contributed by atoms with E-state index in [2.05, 4.69) is 15.0 Å². The highest BCUT2D eigenvalue weighted by atomic mass is 16.4. The maximum absolute atomic E-state index is 11.7. The van der Waals surface area contributed by atoms with Crippen molar-refractivity contribution < 1.29 is 14.3 Å². The number of hydrogen-bond donors (Lipinski definition) is 2. The molecule has 24 heavy (non-hydrogen) atoms. The molecule has 122 valence electrons. The molecule has 0 saturated heterocycles. The van der Waals surface area contributed by atoms with Gasteiger partial charge in [0.1, 0.15) is 6.26 Å². The Morgan fingerprint density at radius 1 is 1.38 bits per heavy atom. The molecule has 2 aromatic heterocycles. The van der Waals surface area contributed by atoms with E-state index in [1.807, 2.05) is 35.2 Å². The maximum atomic E-state index is 11.7. The van der Waals surface area contributed by atoms with E-state index in [1.54, 1.807) is 12.6 Å². The van der Waals surface area contributed by atoms with Gasteiger partial charge in [0, 0.05) is 30.8 Å². The summed E-state index contributed by atoms with van der Waals surface area (Å²) in [5.74, 6) is -0.371. The highest BCUT2D eigenvalue weighted by Gasteiger charge is 2.35. The Morgan fingerprint density at radius 2 is 2.21 bits per heavy atom. The maximum Gasteiger partial charge on any atom is 0.327 e. The molecule has 4 rings (SSSR count). The van der Waals surface area contributed by atoms with Crippen LogP contribution in [0, 0.1) is 0 Å². The fourth-order valence-corrected chi connectivity index (χ4v) is 3.07. The van der Waals surface area contributed by atoms with Crippen molar-refractivity contribution in [2.24, 2.45) is 0 Å². The van der Waals surface area contributed by atoms with Crippen LogP contribution in [-0.4, -0.2) is 37.5 Å². The summed E-state index contributed by atoms with van der Waals surface area (Å²) in [7, 11) is 0. The molecule has 7 nitrogen and oxygen atoms in total. The van der Waals surface area contributed by atoms with Crippen LogP contribution >= 0.6 is 0 Å². The number of aliphatic carboxylic acids is 1. The van der Waals surface area contributed by atoms with Crippen LogP contribution in [-0.2, 0) is 17.8 Å². The van der Waals surface area contributed by atoms with Gasteiger partial charge in [-0.15, -0.1) is 0 Å². The van der Waals surface area contributed by atoms with Gasteiger partial charge in [-0.3, -0.25) is 9.69 Å². The summed E-state index contributed by atoms with van der Waals surface area (Å²) in [6, 6.07) is 8.85. The molecule has 0 aliphatic carbocycles. The van der Waals surface area contributed by atoms with Crippen LogP contribution in [0.2, 0.25) is 0 Å². The summed E-state index contributed by atoms with van der Waals surface area (Å²) in [6.45, 7) is 1.03. The van der Waals surface area contributed by atoms with Crippen LogP contribution in [0.4, 0.5) is 0 Å². The number of imidazole rings is 1. The second-order valence-corrected chi connectivity index (χ2v) is 5.74. The molecule has 0 bridgehead atoms. The van der Waals surface area contributed by atoms with Gasteiger partial charge < -0.3 is 14.5 Å². The number of aromatic amines is 1. The molecule has 0 saturated carbocycles. The monoisotopic (exact) mass is 324 g/mol. The zero-order valence-electron chi connectivity index (χ0n) is 12.8. The third-order valence-corrected chi connectivity index (χ3v) is 4.20. The molecule has 0 spiro atoms. The molecule has 0 unspecified atom stereocenters. The number of fused-ring (bicyclic) bond motifs is 1. The van der Waals surface area contributed by atoms with E-state index < -0.39 is 12.0 Å². The molecule has 1 aliphatic rings. The van der Waals surface area contributed by atoms with Crippen molar-refractivity contribution in [1.29, 1.82) is 0 Å². The van der Waals surface area contributed by atoms with Crippen molar-refractivity contribution in [3.63, 3.8) is 0 Å². The average molecular weight is 324 g/mol. The number of H-pyrrole nitrogens is 1. The molecule has 3 aromatic rings. The first-order valence-electron chi connectivity index (χ1n) is 7.71. The summed E-state index contributed by atoms with van der Waals surface area (Å²) >= 11 is 0. The minimum absolute atomic E-state index is 0.402. The highest BCUT2D eigenvalue weighted by molar-refractivity contribution is 5.75. The predicted octanol–water partition coefficient (Wildman–Crippen LogP) is 2.25. The molecule has 1 aliphatic heterocycles. The first kappa shape index (κ1) is 14.6. The Morgan fingerprint density at radius 3 is 3.00 bits per heavy atom. The van der Waals surface area contributed by atoms with E-state index in [9.17, 15) is 9.90 Å². The quantitative estimate of drug-likeness (QED) is 0.764. The van der Waals surface area contributed by atoms with Crippen molar-refractivity contribution in [1.82, 2.24) is 19.9 Å². The van der Waals surface area contributed by atoms with Gasteiger partial charge in [0.05, 0.1) is 17.7 Å². The van der Waals surface area contributed by atoms with Crippen LogP contribution in [0.15, 0.2) is 47.3 Å². The molecule has 2 N–H and O–H groups in total. The second-order valence-electron chi connectivity index (χ2n) is 5.74. The highest BCUT2D eigenvalue weighted by Crippen LogP contribution is 2.29. The van der Waals surface area contributed by atoms with Gasteiger partial charge in [-0.05, 0) is 12.1 Å². The number of hydrogen-bond acceptors (Lipinski definition) is 5. The number of rotatable bonds is 4. The first-order valence-corrected chi connectivity index (χ1v) is 7.71. The molecular formula is C17H16N4O3. The number of nitrogens with one attached hydrogen (secondary N) is 1. The first-order chi connectivity index (χ1) is 11.7. The van der Waals surface area contributed by atoms with E-state index >= 15 is 0 Å². The van der Waals surface area contributed by atoms with Crippen molar-refractivity contribution in [2.45, 2.75) is 19.0 Å². The van der Waals surface area contributed by atoms with Gasteiger partial charge >= 0.3 is 5.97 Å². The molecule has 1 aromatic carbocycles. The van der Waals surface area contributed by atoms with Crippen molar-refractivity contribution in [3.05, 3.63) is 60.0 Å². The summed E-state index contributed by atoms with van der Waals surface area (Å²) in [6.07, 6.45) is 3.87. The summed E-state index contributed by atoms with van der Waals surface area (Å²) in [5, 5.41) is 9.60. The lowest BCUT2D eigenvalue weighted by atomic mass is 10.0. The molecule has 0 radical (unpaired) electrons. The number of oxazole rings is 1. The fourth-order valence-electron chi connectivity index (χ4n) is 3.07. The number of carboxylic acids is 1. The third-order valence-electron chi connectivity index (χ3n) is 4.20. The van der Waals surface area contributed by atoms with Crippen molar-refractivity contribution in [3.8, 4) is 11.5 Å². The largest absolute Gasteiger partial charge is 0.480 e. The van der Waals surface area contributed by atoms with E-state index in [4.69, 9.17) is 4.42 Å². The Balaban J connectivity index is 1.57. The van der Waals surface area contributed by atoms with E-state index in [0.717, 1.165) is 17.7 Å². The lowest BCUT2D eigenvalue weighted by Gasteiger charge is -2.31. The zero-order chi connectivity index (χ0) is 16.5. The van der Waals surface area contributed by atoms with E-state index in [0.29, 0.717) is 30.4 Å².